The highest BCUT2D eigenvalue weighted by Gasteiger charge is 2.21. The Morgan fingerprint density at radius 2 is 1.50 bits per heavy atom. The van der Waals surface area contributed by atoms with Crippen LogP contribution in [-0.4, -0.2) is 19.0 Å². The second-order valence-electron chi connectivity index (χ2n) is 6.65. The summed E-state index contributed by atoms with van der Waals surface area (Å²) in [5.41, 5.74) is 1.15. The molecule has 0 spiro atoms. The fraction of sp³-hybridized carbons (Fsp3) is 0.0400. The number of ether oxygens (including phenoxy) is 3. The van der Waals surface area contributed by atoms with E-state index in [1.807, 2.05) is 0 Å². The van der Waals surface area contributed by atoms with Crippen LogP contribution in [0, 0.1) is 5.82 Å². The van der Waals surface area contributed by atoms with Crippen molar-refractivity contribution in [1.29, 1.82) is 0 Å². The molecule has 0 amide bonds. The summed E-state index contributed by atoms with van der Waals surface area (Å²) in [5, 5.41) is 1.14. The van der Waals surface area contributed by atoms with E-state index in [2.05, 4.69) is 13.2 Å². The van der Waals surface area contributed by atoms with Gasteiger partial charge in [0.15, 0.2) is 22.7 Å². The molecule has 1 aromatic heterocycles. The predicted octanol–water partition coefficient (Wildman–Crippen LogP) is 5.58. The Labute approximate surface area is 182 Å². The van der Waals surface area contributed by atoms with Crippen LogP contribution in [-0.2, 0) is 9.59 Å². The fourth-order valence-electron chi connectivity index (χ4n) is 3.34. The van der Waals surface area contributed by atoms with Gasteiger partial charge in [-0.3, -0.25) is 0 Å². The number of hydrogen-bond donors (Lipinski definition) is 0. The minimum atomic E-state index is -0.658. The largest absolute Gasteiger partial charge is 0.490 e. The molecule has 1 heterocycles. The smallest absolute Gasteiger partial charge is 0.335 e. The molecule has 0 fully saturated rings. The van der Waals surface area contributed by atoms with Crippen molar-refractivity contribution in [3.63, 3.8) is 0 Å². The van der Waals surface area contributed by atoms with Gasteiger partial charge in [0, 0.05) is 28.5 Å². The van der Waals surface area contributed by atoms with Crippen molar-refractivity contribution in [2.75, 3.05) is 7.11 Å². The molecule has 7 heteroatoms. The lowest BCUT2D eigenvalue weighted by Crippen LogP contribution is -2.04. The van der Waals surface area contributed by atoms with E-state index >= 15 is 4.39 Å². The van der Waals surface area contributed by atoms with Crippen LogP contribution in [0.3, 0.4) is 0 Å². The summed E-state index contributed by atoms with van der Waals surface area (Å²) >= 11 is 0. The molecule has 0 aliphatic heterocycles. The van der Waals surface area contributed by atoms with Gasteiger partial charge in [-0.05, 0) is 35.9 Å². The first kappa shape index (κ1) is 20.9. The molecule has 0 saturated heterocycles. The Morgan fingerprint density at radius 1 is 0.875 bits per heavy atom. The van der Waals surface area contributed by atoms with E-state index in [4.69, 9.17) is 18.6 Å². The van der Waals surface area contributed by atoms with Crippen LogP contribution in [0.2, 0.25) is 0 Å². The molecule has 0 N–H and O–H groups in total. The van der Waals surface area contributed by atoms with E-state index in [0.717, 1.165) is 12.2 Å². The van der Waals surface area contributed by atoms with Gasteiger partial charge in [0.1, 0.15) is 5.75 Å². The van der Waals surface area contributed by atoms with E-state index in [-0.39, 0.29) is 22.7 Å². The summed E-state index contributed by atoms with van der Waals surface area (Å²) in [6, 6.07) is 13.0. The Bertz CT molecular complexity index is 1380. The van der Waals surface area contributed by atoms with Gasteiger partial charge in [0.05, 0.1) is 7.11 Å². The van der Waals surface area contributed by atoms with Gasteiger partial charge in [-0.1, -0.05) is 31.4 Å². The molecule has 4 rings (SSSR count). The minimum absolute atomic E-state index is 0.0326. The average molecular weight is 432 g/mol. The van der Waals surface area contributed by atoms with Crippen LogP contribution in [0.1, 0.15) is 0 Å². The molecular weight excluding hydrogens is 415 g/mol. The number of furan rings is 1. The second kappa shape index (κ2) is 8.39. The van der Waals surface area contributed by atoms with Gasteiger partial charge < -0.3 is 18.6 Å². The van der Waals surface area contributed by atoms with E-state index in [1.165, 1.54) is 7.11 Å². The van der Waals surface area contributed by atoms with Crippen LogP contribution < -0.4 is 14.2 Å². The maximum absolute atomic E-state index is 15.4. The quantitative estimate of drug-likeness (QED) is 0.225. The number of carbonyl (C=O) groups excluding carboxylic acids is 2. The summed E-state index contributed by atoms with van der Waals surface area (Å²) < 4.78 is 36.8. The molecule has 0 radical (unpaired) electrons. The molecule has 0 saturated carbocycles. The van der Waals surface area contributed by atoms with Crippen LogP contribution >= 0.6 is 0 Å². The normalized spacial score (nSPS) is 10.7. The lowest BCUT2D eigenvalue weighted by molar-refractivity contribution is -0.129. The number of hydrogen-bond acceptors (Lipinski definition) is 6. The molecule has 0 aliphatic carbocycles. The molecule has 3 aromatic carbocycles. The van der Waals surface area contributed by atoms with Crippen LogP contribution in [0.15, 0.2) is 78.3 Å². The summed E-state index contributed by atoms with van der Waals surface area (Å²) in [4.78, 5) is 22.9. The van der Waals surface area contributed by atoms with E-state index in [1.54, 1.807) is 48.5 Å². The number of methoxy groups -OCH3 is 1. The molecule has 6 nitrogen and oxygen atoms in total. The van der Waals surface area contributed by atoms with E-state index in [0.29, 0.717) is 27.6 Å². The van der Waals surface area contributed by atoms with Crippen molar-refractivity contribution in [2.24, 2.45) is 0 Å². The summed E-state index contributed by atoms with van der Waals surface area (Å²) in [6.07, 6.45) is 2.08. The SMILES string of the molecule is C=CC(=O)Oc1ccc(-c2ccc3c(oc4c(OC)c(OC(=O)C=C)ccc43)c2F)cc1. The highest BCUT2D eigenvalue weighted by Crippen LogP contribution is 2.42. The van der Waals surface area contributed by atoms with Gasteiger partial charge in [0.25, 0.3) is 0 Å². The number of benzene rings is 3. The molecule has 0 atom stereocenters. The number of esters is 2. The van der Waals surface area contributed by atoms with E-state index in [9.17, 15) is 9.59 Å². The third-order valence-corrected chi connectivity index (χ3v) is 4.80. The maximum Gasteiger partial charge on any atom is 0.335 e. The topological polar surface area (TPSA) is 75.0 Å². The highest BCUT2D eigenvalue weighted by molar-refractivity contribution is 6.09. The minimum Gasteiger partial charge on any atom is -0.490 e. The first-order valence-electron chi connectivity index (χ1n) is 9.47. The summed E-state index contributed by atoms with van der Waals surface area (Å²) in [7, 11) is 1.40. The number of carbonyl (C=O) groups is 2. The Morgan fingerprint density at radius 3 is 2.16 bits per heavy atom. The van der Waals surface area contributed by atoms with Gasteiger partial charge >= 0.3 is 11.9 Å². The number of rotatable bonds is 6. The Balaban J connectivity index is 1.80. The number of fused-ring (bicyclic) bond motifs is 3. The van der Waals surface area contributed by atoms with Crippen molar-refractivity contribution in [1.82, 2.24) is 0 Å². The predicted molar refractivity (Wildman–Crippen MR) is 117 cm³/mol. The third-order valence-electron chi connectivity index (χ3n) is 4.80. The lowest BCUT2D eigenvalue weighted by atomic mass is 10.0. The van der Waals surface area contributed by atoms with Crippen molar-refractivity contribution >= 4 is 33.9 Å². The zero-order valence-corrected chi connectivity index (χ0v) is 17.0. The maximum atomic E-state index is 15.4. The average Bonchev–Trinajstić information content (AvgIpc) is 3.19. The summed E-state index contributed by atoms with van der Waals surface area (Å²) in [5.74, 6) is -1.19. The summed E-state index contributed by atoms with van der Waals surface area (Å²) in [6.45, 7) is 6.71. The highest BCUT2D eigenvalue weighted by atomic mass is 19.1. The molecule has 0 unspecified atom stereocenters. The van der Waals surface area contributed by atoms with Crippen molar-refractivity contribution in [3.05, 3.63) is 79.7 Å². The van der Waals surface area contributed by atoms with Gasteiger partial charge in [0.2, 0.25) is 5.75 Å². The zero-order chi connectivity index (χ0) is 22.8. The van der Waals surface area contributed by atoms with E-state index < -0.39 is 17.8 Å². The molecular formula is C25H17FO6. The van der Waals surface area contributed by atoms with Gasteiger partial charge in [-0.25, -0.2) is 14.0 Å². The molecule has 160 valence electrons. The molecule has 0 bridgehead atoms. The Hall–Kier alpha value is -4.39. The molecule has 4 aromatic rings. The van der Waals surface area contributed by atoms with Crippen LogP contribution in [0.5, 0.6) is 17.2 Å². The monoisotopic (exact) mass is 432 g/mol. The van der Waals surface area contributed by atoms with Gasteiger partial charge in [-0.2, -0.15) is 0 Å². The van der Waals surface area contributed by atoms with Crippen molar-refractivity contribution in [2.45, 2.75) is 0 Å². The first-order valence-corrected chi connectivity index (χ1v) is 9.47. The zero-order valence-electron chi connectivity index (χ0n) is 17.0. The lowest BCUT2D eigenvalue weighted by Gasteiger charge is -2.07. The Kier molecular flexibility index (Phi) is 5.47. The standard InChI is InChI=1S/C25H17FO6/c1-4-20(27)30-15-8-6-14(7-9-15)16-10-11-17-18-12-13-19(31-21(28)5-2)25(29-3)24(18)32-23(17)22(16)26/h4-13H,1-2H2,3H3. The van der Waals surface area contributed by atoms with Gasteiger partial charge in [-0.15, -0.1) is 0 Å². The fourth-order valence-corrected chi connectivity index (χ4v) is 3.34. The van der Waals surface area contributed by atoms with Crippen molar-refractivity contribution in [3.8, 4) is 28.4 Å². The van der Waals surface area contributed by atoms with Crippen LogP contribution in [0.25, 0.3) is 33.1 Å². The molecule has 32 heavy (non-hydrogen) atoms. The van der Waals surface area contributed by atoms with Crippen molar-refractivity contribution < 1.29 is 32.6 Å². The van der Waals surface area contributed by atoms with Crippen LogP contribution in [0.4, 0.5) is 4.39 Å². The second-order valence-corrected chi connectivity index (χ2v) is 6.65. The first-order chi connectivity index (χ1) is 15.5. The number of halogens is 1. The third kappa shape index (κ3) is 3.60. The molecule has 0 aliphatic rings.